The van der Waals surface area contributed by atoms with Crippen LogP contribution in [0.25, 0.3) is 0 Å². The molecule has 0 spiro atoms. The molecule has 3 rings (SSSR count). The number of ether oxygens (including phenoxy) is 1. The minimum Gasteiger partial charge on any atom is -0.460 e. The second-order valence-corrected chi connectivity index (χ2v) is 8.86. The van der Waals surface area contributed by atoms with Gasteiger partial charge in [0, 0.05) is 11.1 Å². The van der Waals surface area contributed by atoms with E-state index in [1.165, 1.54) is 18.5 Å². The fourth-order valence-corrected chi connectivity index (χ4v) is 4.87. The molecular formula is C17H19Cl2N3O3S. The third kappa shape index (κ3) is 4.85. The largest absolute Gasteiger partial charge is 0.460 e. The normalized spacial score (nSPS) is 20.7. The zero-order chi connectivity index (χ0) is 18.7. The Morgan fingerprint density at radius 1 is 1.08 bits per heavy atom. The van der Waals surface area contributed by atoms with Crippen molar-refractivity contribution in [3.8, 4) is 6.01 Å². The summed E-state index contributed by atoms with van der Waals surface area (Å²) in [5.41, 5.74) is 0.666. The lowest BCUT2D eigenvalue weighted by atomic mass is 9.94. The zero-order valence-electron chi connectivity index (χ0n) is 14.2. The van der Waals surface area contributed by atoms with Gasteiger partial charge in [-0.25, -0.2) is 23.1 Å². The van der Waals surface area contributed by atoms with E-state index in [9.17, 15) is 8.42 Å². The molecule has 0 unspecified atom stereocenters. The molecule has 1 aliphatic carbocycles. The van der Waals surface area contributed by atoms with Gasteiger partial charge in [-0.2, -0.15) is 0 Å². The number of sulfonamides is 1. The molecule has 26 heavy (non-hydrogen) atoms. The van der Waals surface area contributed by atoms with Crippen molar-refractivity contribution in [2.75, 3.05) is 0 Å². The number of halogens is 2. The average molecular weight is 416 g/mol. The fraction of sp³-hybridized carbons (Fsp3) is 0.412. The topological polar surface area (TPSA) is 81.2 Å². The van der Waals surface area contributed by atoms with Crippen LogP contribution < -0.4 is 9.46 Å². The maximum absolute atomic E-state index is 12.6. The molecule has 0 atom stereocenters. The molecular weight excluding hydrogens is 397 g/mol. The third-order valence-corrected chi connectivity index (χ3v) is 6.40. The Kier molecular flexibility index (Phi) is 6.02. The molecule has 6 nitrogen and oxygen atoms in total. The van der Waals surface area contributed by atoms with Crippen molar-refractivity contribution in [3.05, 3.63) is 46.2 Å². The number of nitrogens with one attached hydrogen (secondary N) is 1. The molecule has 1 saturated carbocycles. The smallest absolute Gasteiger partial charge is 0.316 e. The lowest BCUT2D eigenvalue weighted by molar-refractivity contribution is 0.132. The number of nitrogens with zero attached hydrogens (tertiary/aromatic N) is 2. The maximum Gasteiger partial charge on any atom is 0.316 e. The Hall–Kier alpha value is -1.41. The Balaban J connectivity index is 1.58. The van der Waals surface area contributed by atoms with Gasteiger partial charge in [0.05, 0.1) is 22.3 Å². The molecule has 0 saturated heterocycles. The van der Waals surface area contributed by atoms with Crippen LogP contribution in [0.5, 0.6) is 6.01 Å². The van der Waals surface area contributed by atoms with E-state index < -0.39 is 10.0 Å². The van der Waals surface area contributed by atoms with Crippen LogP contribution in [0.15, 0.2) is 35.5 Å². The molecule has 0 aliphatic heterocycles. The van der Waals surface area contributed by atoms with Crippen LogP contribution in [0, 0.1) is 6.92 Å². The lowest BCUT2D eigenvalue weighted by Crippen LogP contribution is -2.40. The summed E-state index contributed by atoms with van der Waals surface area (Å²) in [7, 11) is -3.61. The molecule has 1 fully saturated rings. The quantitative estimate of drug-likeness (QED) is 0.803. The van der Waals surface area contributed by atoms with Gasteiger partial charge < -0.3 is 4.74 Å². The summed E-state index contributed by atoms with van der Waals surface area (Å²) in [6, 6.07) is 5.01. The highest BCUT2D eigenvalue weighted by Gasteiger charge is 2.27. The molecule has 140 valence electrons. The summed E-state index contributed by atoms with van der Waals surface area (Å²) in [6.45, 7) is 1.75. The first-order chi connectivity index (χ1) is 12.3. The fourth-order valence-electron chi connectivity index (χ4n) is 2.96. The van der Waals surface area contributed by atoms with Crippen LogP contribution in [0.3, 0.4) is 0 Å². The summed E-state index contributed by atoms with van der Waals surface area (Å²) < 4.78 is 33.8. The van der Waals surface area contributed by atoms with Gasteiger partial charge in [-0.15, -0.1) is 0 Å². The Bertz CT molecular complexity index is 867. The maximum atomic E-state index is 12.6. The summed E-state index contributed by atoms with van der Waals surface area (Å²) in [5.74, 6) is 0. The van der Waals surface area contributed by atoms with Gasteiger partial charge in [-0.1, -0.05) is 29.3 Å². The average Bonchev–Trinajstić information content (AvgIpc) is 2.60. The Morgan fingerprint density at radius 3 is 2.38 bits per heavy atom. The van der Waals surface area contributed by atoms with Crippen LogP contribution in [0.1, 0.15) is 31.2 Å². The minimum absolute atomic E-state index is 0.0372. The van der Waals surface area contributed by atoms with E-state index in [1.54, 1.807) is 19.1 Å². The molecule has 0 bridgehead atoms. The van der Waals surface area contributed by atoms with Gasteiger partial charge in [0.15, 0.2) is 0 Å². The van der Waals surface area contributed by atoms with Crippen molar-refractivity contribution >= 4 is 33.2 Å². The number of benzene rings is 1. The van der Waals surface area contributed by atoms with Crippen molar-refractivity contribution < 1.29 is 13.2 Å². The third-order valence-electron chi connectivity index (χ3n) is 4.30. The van der Waals surface area contributed by atoms with Gasteiger partial charge in [-0.05, 0) is 50.3 Å². The van der Waals surface area contributed by atoms with E-state index in [0.29, 0.717) is 41.3 Å². The van der Waals surface area contributed by atoms with Crippen molar-refractivity contribution in [1.82, 2.24) is 14.7 Å². The van der Waals surface area contributed by atoms with Gasteiger partial charge in [0.25, 0.3) is 0 Å². The van der Waals surface area contributed by atoms with Gasteiger partial charge in [-0.3, -0.25) is 0 Å². The number of aryl methyl sites for hydroxylation is 1. The van der Waals surface area contributed by atoms with Crippen LogP contribution in [-0.2, 0) is 10.0 Å². The molecule has 1 aromatic heterocycles. The standard InChI is InChI=1S/C17H19Cl2N3O3S/c1-11-2-3-12(18)8-16(11)26(23,24)22-14-4-6-15(7-5-14)25-17-20-9-13(19)10-21-17/h2-3,8-10,14-15,22H,4-7H2,1H3. The Morgan fingerprint density at radius 2 is 1.73 bits per heavy atom. The molecule has 1 N–H and O–H groups in total. The van der Waals surface area contributed by atoms with Crippen molar-refractivity contribution in [3.63, 3.8) is 0 Å². The van der Waals surface area contributed by atoms with Crippen LogP contribution in [-0.4, -0.2) is 30.5 Å². The van der Waals surface area contributed by atoms with Crippen molar-refractivity contribution in [2.45, 2.75) is 49.6 Å². The lowest BCUT2D eigenvalue weighted by Gasteiger charge is -2.28. The molecule has 1 aromatic carbocycles. The first-order valence-corrected chi connectivity index (χ1v) is 10.5. The first-order valence-electron chi connectivity index (χ1n) is 8.26. The molecule has 1 aliphatic rings. The molecule has 0 radical (unpaired) electrons. The van der Waals surface area contributed by atoms with Crippen molar-refractivity contribution in [2.24, 2.45) is 0 Å². The van der Waals surface area contributed by atoms with E-state index in [4.69, 9.17) is 27.9 Å². The highest BCUT2D eigenvalue weighted by molar-refractivity contribution is 7.89. The molecule has 9 heteroatoms. The first kappa shape index (κ1) is 19.4. The second kappa shape index (κ2) is 8.08. The van der Waals surface area contributed by atoms with E-state index >= 15 is 0 Å². The second-order valence-electron chi connectivity index (χ2n) is 6.31. The SMILES string of the molecule is Cc1ccc(Cl)cc1S(=O)(=O)NC1CCC(Oc2ncc(Cl)cn2)CC1. The number of aromatic nitrogens is 2. The summed E-state index contributed by atoms with van der Waals surface area (Å²) in [5, 5.41) is 0.850. The van der Waals surface area contributed by atoms with Gasteiger partial charge in [0.2, 0.25) is 10.0 Å². The van der Waals surface area contributed by atoms with Crippen LogP contribution >= 0.6 is 23.2 Å². The van der Waals surface area contributed by atoms with E-state index in [0.717, 1.165) is 0 Å². The molecule has 1 heterocycles. The van der Waals surface area contributed by atoms with Crippen LogP contribution in [0.2, 0.25) is 10.0 Å². The Labute approximate surface area is 163 Å². The number of rotatable bonds is 5. The van der Waals surface area contributed by atoms with Crippen LogP contribution in [0.4, 0.5) is 0 Å². The highest BCUT2D eigenvalue weighted by atomic mass is 35.5. The summed E-state index contributed by atoms with van der Waals surface area (Å²) in [6.07, 6.45) is 5.72. The highest BCUT2D eigenvalue weighted by Crippen LogP contribution is 2.25. The zero-order valence-corrected chi connectivity index (χ0v) is 16.5. The predicted molar refractivity (Wildman–Crippen MR) is 100 cm³/mol. The predicted octanol–water partition coefficient (Wildman–Crippen LogP) is 3.76. The number of hydrogen-bond donors (Lipinski definition) is 1. The van der Waals surface area contributed by atoms with E-state index in [-0.39, 0.29) is 23.1 Å². The summed E-state index contributed by atoms with van der Waals surface area (Å²) in [4.78, 5) is 8.26. The monoisotopic (exact) mass is 415 g/mol. The van der Waals surface area contributed by atoms with E-state index in [1.807, 2.05) is 0 Å². The molecule has 2 aromatic rings. The van der Waals surface area contributed by atoms with Gasteiger partial charge >= 0.3 is 6.01 Å². The molecule has 0 amide bonds. The number of hydrogen-bond acceptors (Lipinski definition) is 5. The minimum atomic E-state index is -3.61. The van der Waals surface area contributed by atoms with Crippen molar-refractivity contribution in [1.29, 1.82) is 0 Å². The van der Waals surface area contributed by atoms with E-state index in [2.05, 4.69) is 14.7 Å². The van der Waals surface area contributed by atoms with Gasteiger partial charge in [0.1, 0.15) is 6.10 Å². The summed E-state index contributed by atoms with van der Waals surface area (Å²) >= 11 is 11.7.